The van der Waals surface area contributed by atoms with Gasteiger partial charge in [-0.25, -0.2) is 0 Å². The Morgan fingerprint density at radius 3 is 0.598 bits per heavy atom. The van der Waals surface area contributed by atoms with Gasteiger partial charge in [0.05, 0.1) is 0 Å². The van der Waals surface area contributed by atoms with Gasteiger partial charge in [0, 0.05) is 68.2 Å². The summed E-state index contributed by atoms with van der Waals surface area (Å²) in [6.45, 7) is 29.5. The van der Waals surface area contributed by atoms with E-state index in [4.69, 9.17) is 0 Å². The third-order valence-corrected chi connectivity index (χ3v) is 14.8. The molecule has 4 heteroatoms. The first-order valence-electron chi connectivity index (χ1n) is 33.9. The molecule has 488 valence electrons. The van der Waals surface area contributed by atoms with E-state index in [1.54, 1.807) is 0 Å². The Bertz CT molecular complexity index is 4010. The first-order chi connectivity index (χ1) is 48.0. The Morgan fingerprint density at radius 1 is 0.186 bits per heavy atom. The average molecular weight is 1270 g/mol. The zero-order valence-electron chi connectivity index (χ0n) is 58.3. The fraction of sp³-hybridized carbons (Fsp3) is 0.0968. The molecular formula is C93H96N4. The van der Waals surface area contributed by atoms with Crippen molar-refractivity contribution in [2.24, 2.45) is 0 Å². The minimum Gasteiger partial charge on any atom is -0.311 e. The highest BCUT2D eigenvalue weighted by atomic mass is 15.2. The number of hydrogen-bond donors (Lipinski definition) is 0. The van der Waals surface area contributed by atoms with Gasteiger partial charge in [-0.1, -0.05) is 317 Å². The molecule has 0 saturated carbocycles. The van der Waals surface area contributed by atoms with Crippen LogP contribution in [-0.4, -0.2) is 0 Å². The largest absolute Gasteiger partial charge is 0.311 e. The molecule has 0 aliphatic heterocycles. The minimum atomic E-state index is 1.11. The third-order valence-electron chi connectivity index (χ3n) is 14.8. The number of hydrogen-bond acceptors (Lipinski definition) is 4. The molecule has 0 heterocycles. The second-order valence-electron chi connectivity index (χ2n) is 20.8. The van der Waals surface area contributed by atoms with Gasteiger partial charge in [0.25, 0.3) is 0 Å². The first kappa shape index (κ1) is 74.3. The summed E-state index contributed by atoms with van der Waals surface area (Å²) < 4.78 is 0. The van der Waals surface area contributed by atoms with Crippen LogP contribution < -0.4 is 19.6 Å². The quantitative estimate of drug-likeness (QED) is 0.0956. The molecule has 0 atom stereocenters. The van der Waals surface area contributed by atoms with Crippen molar-refractivity contribution in [3.63, 3.8) is 0 Å². The Morgan fingerprint density at radius 2 is 0.371 bits per heavy atom. The Kier molecular flexibility index (Phi) is 32.6. The normalized spacial score (nSPS) is 9.62. The van der Waals surface area contributed by atoms with Gasteiger partial charge in [0.15, 0.2) is 0 Å². The Balaban J connectivity index is 0.000000219. The van der Waals surface area contributed by atoms with E-state index in [2.05, 4.69) is 374 Å². The fourth-order valence-corrected chi connectivity index (χ4v) is 10.3. The number of para-hydroxylation sites is 8. The molecule has 0 amide bonds. The summed E-state index contributed by atoms with van der Waals surface area (Å²) in [5, 5.41) is 0. The van der Waals surface area contributed by atoms with Crippen LogP contribution in [0.3, 0.4) is 0 Å². The first-order valence-corrected chi connectivity index (χ1v) is 33.9. The van der Waals surface area contributed by atoms with Crippen molar-refractivity contribution in [1.29, 1.82) is 0 Å². The number of anilines is 12. The Hall–Kier alpha value is -11.7. The van der Waals surface area contributed by atoms with Crippen LogP contribution in [-0.2, 0) is 0 Å². The van der Waals surface area contributed by atoms with Crippen molar-refractivity contribution in [2.45, 2.75) is 62.3 Å². The van der Waals surface area contributed by atoms with Crippen LogP contribution in [0.15, 0.2) is 384 Å². The van der Waals surface area contributed by atoms with Crippen LogP contribution in [0.1, 0.15) is 77.6 Å². The SMILES string of the molecule is C=Cc1ccc(C)cc1.C=Cc1ccc(N(c2ccccc2)c2ccc(-c3ccc(N(c4ccccc4)c4ccccc4)cc3)cc2)cc1.C=Cc1cccc(N(c2ccccc2)c2ccccc2)c1.CC.CC.CC.CC.c1ccc(N(c2ccccc2)c2ccccc2)cc1. The van der Waals surface area contributed by atoms with Crippen molar-refractivity contribution in [1.82, 2.24) is 0 Å². The van der Waals surface area contributed by atoms with Gasteiger partial charge in [0.1, 0.15) is 0 Å². The highest BCUT2D eigenvalue weighted by molar-refractivity contribution is 5.82. The van der Waals surface area contributed by atoms with E-state index < -0.39 is 0 Å². The maximum Gasteiger partial charge on any atom is 0.0467 e. The van der Waals surface area contributed by atoms with Crippen LogP contribution in [0.25, 0.3) is 29.4 Å². The molecule has 0 N–H and O–H groups in total. The summed E-state index contributed by atoms with van der Waals surface area (Å²) in [5.74, 6) is 0. The fourth-order valence-electron chi connectivity index (χ4n) is 10.3. The summed E-state index contributed by atoms with van der Waals surface area (Å²) >= 11 is 0. The molecule has 0 bridgehead atoms. The van der Waals surface area contributed by atoms with E-state index in [1.807, 2.05) is 110 Å². The van der Waals surface area contributed by atoms with Crippen LogP contribution in [0.4, 0.5) is 68.2 Å². The maximum absolute atomic E-state index is 3.89. The van der Waals surface area contributed by atoms with Crippen LogP contribution in [0.2, 0.25) is 0 Å². The molecule has 0 fully saturated rings. The maximum atomic E-state index is 3.89. The van der Waals surface area contributed by atoms with Gasteiger partial charge in [-0.05, 0) is 180 Å². The number of rotatable bonds is 16. The molecule has 0 spiro atoms. The standard InChI is InChI=1S/C38H30N2.C20H17N.C18H15N.C9H10.4C2H6/c1-2-30-18-24-36(25-19-30)40(35-16-10-5-11-17-35)38-28-22-32(23-29-38)31-20-26-37(27-21-31)39(33-12-6-3-7-13-33)34-14-8-4-9-15-34;1-2-17-10-9-15-20(16-17)21(18-11-5-3-6-12-18)19-13-7-4-8-14-19;1-4-10-16(11-5-1)19(17-12-6-2-7-13-17)18-14-8-3-9-15-18;1-3-9-6-4-8(2)5-7-9;4*1-2/h2-29H,1H2;2-16H,1H2;1-15H;3-7H,1H2,2H3;4*1-2H3. The molecule has 0 aliphatic rings. The zero-order valence-corrected chi connectivity index (χ0v) is 58.3. The predicted molar refractivity (Wildman–Crippen MR) is 430 cm³/mol. The third kappa shape index (κ3) is 22.2. The van der Waals surface area contributed by atoms with Gasteiger partial charge in [-0.2, -0.15) is 0 Å². The van der Waals surface area contributed by atoms with E-state index in [0.29, 0.717) is 0 Å². The van der Waals surface area contributed by atoms with Gasteiger partial charge in [0.2, 0.25) is 0 Å². The summed E-state index contributed by atoms with van der Waals surface area (Å²) in [5.41, 5.74) is 20.7. The topological polar surface area (TPSA) is 13.0 Å². The lowest BCUT2D eigenvalue weighted by Gasteiger charge is -2.26. The van der Waals surface area contributed by atoms with Crippen molar-refractivity contribution >= 4 is 86.5 Å². The van der Waals surface area contributed by atoms with Gasteiger partial charge >= 0.3 is 0 Å². The molecule has 0 radical (unpaired) electrons. The average Bonchev–Trinajstić information content (AvgIpc) is 1.19. The second kappa shape index (κ2) is 42.5. The second-order valence-corrected chi connectivity index (χ2v) is 20.8. The van der Waals surface area contributed by atoms with E-state index in [9.17, 15) is 0 Å². The van der Waals surface area contributed by atoms with Crippen molar-refractivity contribution in [3.05, 3.63) is 406 Å². The van der Waals surface area contributed by atoms with E-state index >= 15 is 0 Å². The summed E-state index contributed by atoms with van der Waals surface area (Å²) in [4.78, 5) is 9.05. The van der Waals surface area contributed by atoms with E-state index in [-0.39, 0.29) is 0 Å². The highest BCUT2D eigenvalue weighted by Gasteiger charge is 2.16. The molecule has 0 aliphatic carbocycles. The Labute approximate surface area is 582 Å². The molecule has 13 aromatic carbocycles. The minimum absolute atomic E-state index is 1.11. The van der Waals surface area contributed by atoms with Gasteiger partial charge in [-0.3, -0.25) is 0 Å². The number of nitrogens with zero attached hydrogens (tertiary/aromatic N) is 4. The highest BCUT2D eigenvalue weighted by Crippen LogP contribution is 2.40. The van der Waals surface area contributed by atoms with Crippen LogP contribution >= 0.6 is 0 Å². The van der Waals surface area contributed by atoms with E-state index in [1.165, 1.54) is 39.3 Å². The lowest BCUT2D eigenvalue weighted by atomic mass is 10.0. The molecular weight excluding hydrogens is 1170 g/mol. The smallest absolute Gasteiger partial charge is 0.0467 e. The summed E-state index contributed by atoms with van der Waals surface area (Å²) in [6, 6.07) is 126. The molecule has 0 unspecified atom stereocenters. The molecule has 97 heavy (non-hydrogen) atoms. The van der Waals surface area contributed by atoms with Crippen LogP contribution in [0.5, 0.6) is 0 Å². The van der Waals surface area contributed by atoms with Crippen LogP contribution in [0, 0.1) is 6.92 Å². The predicted octanol–water partition coefficient (Wildman–Crippen LogP) is 28.6. The number of benzene rings is 13. The lowest BCUT2D eigenvalue weighted by Crippen LogP contribution is -2.09. The molecule has 0 saturated heterocycles. The zero-order chi connectivity index (χ0) is 69.2. The summed E-state index contributed by atoms with van der Waals surface area (Å²) in [7, 11) is 0. The summed E-state index contributed by atoms with van der Waals surface area (Å²) in [6.07, 6.45) is 5.59. The number of aryl methyl sites for hydroxylation is 1. The molecule has 0 aromatic heterocycles. The van der Waals surface area contributed by atoms with Gasteiger partial charge < -0.3 is 19.6 Å². The molecule has 4 nitrogen and oxygen atoms in total. The monoisotopic (exact) mass is 1270 g/mol. The molecule has 13 aromatic rings. The van der Waals surface area contributed by atoms with Crippen molar-refractivity contribution < 1.29 is 0 Å². The van der Waals surface area contributed by atoms with Gasteiger partial charge in [-0.15, -0.1) is 0 Å². The molecule has 13 rings (SSSR count). The van der Waals surface area contributed by atoms with Crippen molar-refractivity contribution in [3.8, 4) is 11.1 Å². The van der Waals surface area contributed by atoms with E-state index in [0.717, 1.165) is 62.3 Å². The lowest BCUT2D eigenvalue weighted by molar-refractivity contribution is 1.28. The van der Waals surface area contributed by atoms with Crippen molar-refractivity contribution in [2.75, 3.05) is 19.6 Å².